The quantitative estimate of drug-likeness (QED) is 0.870. The van der Waals surface area contributed by atoms with E-state index in [0.717, 1.165) is 25.3 Å². The second kappa shape index (κ2) is 6.21. The fraction of sp³-hybridized carbons (Fsp3) is 0.600. The lowest BCUT2D eigenvalue weighted by Crippen LogP contribution is -2.30. The molecule has 2 rings (SSSR count). The highest BCUT2D eigenvalue weighted by atomic mass is 16.5. The number of hydrogen-bond donors (Lipinski definition) is 1. The van der Waals surface area contributed by atoms with Gasteiger partial charge in [-0.2, -0.15) is 0 Å². The van der Waals surface area contributed by atoms with Gasteiger partial charge in [-0.15, -0.1) is 0 Å². The number of rotatable bonds is 5. The maximum atomic E-state index is 5.91. The maximum absolute atomic E-state index is 5.91. The minimum Gasteiger partial charge on any atom is -0.496 e. The molecule has 1 aromatic carbocycles. The van der Waals surface area contributed by atoms with Gasteiger partial charge in [0, 0.05) is 30.7 Å². The molecule has 100 valence electrons. The van der Waals surface area contributed by atoms with E-state index in [9.17, 15) is 0 Å². The van der Waals surface area contributed by atoms with Gasteiger partial charge in [0.2, 0.25) is 0 Å². The fourth-order valence-electron chi connectivity index (χ4n) is 2.48. The van der Waals surface area contributed by atoms with Gasteiger partial charge in [0.05, 0.1) is 13.2 Å². The van der Waals surface area contributed by atoms with Crippen LogP contribution in [0.5, 0.6) is 5.75 Å². The van der Waals surface area contributed by atoms with Crippen LogP contribution in [-0.4, -0.2) is 26.3 Å². The van der Waals surface area contributed by atoms with Gasteiger partial charge in [-0.05, 0) is 12.5 Å². The lowest BCUT2D eigenvalue weighted by Gasteiger charge is -2.22. The van der Waals surface area contributed by atoms with E-state index in [1.54, 1.807) is 7.11 Å². The Balaban J connectivity index is 2.10. The van der Waals surface area contributed by atoms with E-state index < -0.39 is 0 Å². The molecule has 0 spiro atoms. The van der Waals surface area contributed by atoms with Gasteiger partial charge in [-0.1, -0.05) is 32.0 Å². The van der Waals surface area contributed by atoms with Crippen LogP contribution in [0.2, 0.25) is 0 Å². The van der Waals surface area contributed by atoms with Crippen molar-refractivity contribution in [2.24, 2.45) is 5.92 Å². The summed E-state index contributed by atoms with van der Waals surface area (Å²) in [5.74, 6) is 1.46. The average molecular weight is 249 g/mol. The molecule has 1 aliphatic rings. The highest BCUT2D eigenvalue weighted by Crippen LogP contribution is 2.38. The summed E-state index contributed by atoms with van der Waals surface area (Å²) >= 11 is 0. The Morgan fingerprint density at radius 1 is 1.39 bits per heavy atom. The van der Waals surface area contributed by atoms with Gasteiger partial charge < -0.3 is 14.8 Å². The van der Waals surface area contributed by atoms with Gasteiger partial charge in [0.1, 0.15) is 5.75 Å². The number of benzene rings is 1. The number of nitrogens with one attached hydrogen (secondary N) is 1. The highest BCUT2D eigenvalue weighted by molar-refractivity contribution is 5.35. The van der Waals surface area contributed by atoms with Crippen molar-refractivity contribution < 1.29 is 9.47 Å². The third-order valence-electron chi connectivity index (χ3n) is 3.45. The molecule has 2 unspecified atom stereocenters. The Morgan fingerprint density at radius 2 is 2.17 bits per heavy atom. The van der Waals surface area contributed by atoms with Crippen molar-refractivity contribution >= 4 is 0 Å². The van der Waals surface area contributed by atoms with E-state index in [-0.39, 0.29) is 6.10 Å². The zero-order chi connectivity index (χ0) is 13.0. The summed E-state index contributed by atoms with van der Waals surface area (Å²) in [6.45, 7) is 6.19. The summed E-state index contributed by atoms with van der Waals surface area (Å²) < 4.78 is 11.3. The van der Waals surface area contributed by atoms with Crippen molar-refractivity contribution in [1.29, 1.82) is 0 Å². The lowest BCUT2D eigenvalue weighted by atomic mass is 9.94. The van der Waals surface area contributed by atoms with Crippen molar-refractivity contribution in [2.75, 3.05) is 20.3 Å². The van der Waals surface area contributed by atoms with Crippen LogP contribution in [0.15, 0.2) is 24.3 Å². The number of methoxy groups -OCH3 is 1. The van der Waals surface area contributed by atoms with Crippen LogP contribution >= 0.6 is 0 Å². The third kappa shape index (κ3) is 3.03. The monoisotopic (exact) mass is 249 g/mol. The Kier molecular flexibility index (Phi) is 4.61. The van der Waals surface area contributed by atoms with E-state index >= 15 is 0 Å². The summed E-state index contributed by atoms with van der Waals surface area (Å²) in [7, 11) is 1.72. The van der Waals surface area contributed by atoms with Gasteiger partial charge >= 0.3 is 0 Å². The van der Waals surface area contributed by atoms with Crippen LogP contribution < -0.4 is 10.1 Å². The van der Waals surface area contributed by atoms with Crippen molar-refractivity contribution in [2.45, 2.75) is 32.4 Å². The first-order chi connectivity index (χ1) is 8.72. The van der Waals surface area contributed by atoms with E-state index in [2.05, 4.69) is 25.2 Å². The predicted octanol–water partition coefficient (Wildman–Crippen LogP) is 2.77. The van der Waals surface area contributed by atoms with Gasteiger partial charge in [0.25, 0.3) is 0 Å². The highest BCUT2D eigenvalue weighted by Gasteiger charge is 2.31. The maximum Gasteiger partial charge on any atom is 0.124 e. The van der Waals surface area contributed by atoms with Crippen LogP contribution in [0, 0.1) is 5.92 Å². The Bertz CT molecular complexity index is 379. The average Bonchev–Trinajstić information content (AvgIpc) is 2.84. The van der Waals surface area contributed by atoms with Gasteiger partial charge in [-0.3, -0.25) is 0 Å². The molecule has 18 heavy (non-hydrogen) atoms. The summed E-state index contributed by atoms with van der Waals surface area (Å²) in [4.78, 5) is 0. The van der Waals surface area contributed by atoms with Gasteiger partial charge in [0.15, 0.2) is 0 Å². The first-order valence-electron chi connectivity index (χ1n) is 6.70. The molecular weight excluding hydrogens is 226 g/mol. The van der Waals surface area contributed by atoms with Crippen molar-refractivity contribution in [3.63, 3.8) is 0 Å². The molecule has 3 nitrogen and oxygen atoms in total. The molecule has 1 saturated heterocycles. The first-order valence-corrected chi connectivity index (χ1v) is 6.70. The van der Waals surface area contributed by atoms with Crippen molar-refractivity contribution in [3.8, 4) is 5.75 Å². The van der Waals surface area contributed by atoms with Crippen molar-refractivity contribution in [3.05, 3.63) is 29.8 Å². The molecular formula is C15H23NO2. The van der Waals surface area contributed by atoms with E-state index in [0.29, 0.717) is 12.0 Å². The molecule has 1 N–H and O–H groups in total. The molecule has 1 fully saturated rings. The molecule has 3 heteroatoms. The largest absolute Gasteiger partial charge is 0.496 e. The fourth-order valence-corrected chi connectivity index (χ4v) is 2.48. The zero-order valence-electron chi connectivity index (χ0n) is 11.5. The minimum atomic E-state index is 0.160. The van der Waals surface area contributed by atoms with Crippen LogP contribution in [0.4, 0.5) is 0 Å². The number of hydrogen-bond acceptors (Lipinski definition) is 3. The number of para-hydroxylation sites is 1. The summed E-state index contributed by atoms with van der Waals surface area (Å²) in [5, 5.41) is 3.50. The minimum absolute atomic E-state index is 0.160. The first kappa shape index (κ1) is 13.4. The molecule has 0 bridgehead atoms. The molecule has 1 heterocycles. The smallest absolute Gasteiger partial charge is 0.124 e. The molecule has 0 aliphatic carbocycles. The van der Waals surface area contributed by atoms with E-state index in [1.807, 2.05) is 18.2 Å². The second-order valence-corrected chi connectivity index (χ2v) is 5.15. The third-order valence-corrected chi connectivity index (χ3v) is 3.45. The Morgan fingerprint density at radius 3 is 2.89 bits per heavy atom. The Labute approximate surface area is 109 Å². The van der Waals surface area contributed by atoms with E-state index in [1.165, 1.54) is 5.56 Å². The van der Waals surface area contributed by atoms with Crippen LogP contribution in [0.3, 0.4) is 0 Å². The van der Waals surface area contributed by atoms with E-state index in [4.69, 9.17) is 9.47 Å². The van der Waals surface area contributed by atoms with Crippen LogP contribution in [-0.2, 0) is 4.74 Å². The zero-order valence-corrected chi connectivity index (χ0v) is 11.5. The Hall–Kier alpha value is -1.06. The molecule has 0 amide bonds. The number of ether oxygens (including phenoxy) is 2. The van der Waals surface area contributed by atoms with Crippen LogP contribution in [0.1, 0.15) is 31.9 Å². The topological polar surface area (TPSA) is 30.5 Å². The molecule has 1 aromatic rings. The normalized spacial score (nSPS) is 23.6. The summed E-state index contributed by atoms with van der Waals surface area (Å²) in [6.07, 6.45) is 1.27. The van der Waals surface area contributed by atoms with Gasteiger partial charge in [-0.25, -0.2) is 0 Å². The van der Waals surface area contributed by atoms with Crippen molar-refractivity contribution in [1.82, 2.24) is 5.32 Å². The standard InChI is InChI=1S/C15H23NO2/c1-11(2)16-10-12-8-9-18-15(12)13-6-4-5-7-14(13)17-3/h4-7,11-12,15-16H,8-10H2,1-3H3. The molecule has 2 atom stereocenters. The lowest BCUT2D eigenvalue weighted by molar-refractivity contribution is 0.0878. The molecule has 0 saturated carbocycles. The molecule has 0 aromatic heterocycles. The summed E-state index contributed by atoms with van der Waals surface area (Å²) in [5.41, 5.74) is 1.17. The molecule has 0 radical (unpaired) electrons. The second-order valence-electron chi connectivity index (χ2n) is 5.15. The molecule has 1 aliphatic heterocycles. The van der Waals surface area contributed by atoms with Crippen LogP contribution in [0.25, 0.3) is 0 Å². The summed E-state index contributed by atoms with van der Waals surface area (Å²) in [6, 6.07) is 8.68. The SMILES string of the molecule is COc1ccccc1C1OCCC1CNC(C)C. The predicted molar refractivity (Wildman–Crippen MR) is 72.9 cm³/mol.